The lowest BCUT2D eigenvalue weighted by Crippen LogP contribution is -2.28. The van der Waals surface area contributed by atoms with E-state index < -0.39 is 6.04 Å². The topological polar surface area (TPSA) is 91.4 Å². The van der Waals surface area contributed by atoms with Gasteiger partial charge in [0.25, 0.3) is 0 Å². The number of aliphatic hydroxyl groups excluding tert-OH is 2. The zero-order valence-corrected chi connectivity index (χ0v) is 8.07. The van der Waals surface area contributed by atoms with Gasteiger partial charge in [-0.05, 0) is 18.6 Å². The van der Waals surface area contributed by atoms with Crippen molar-refractivity contribution in [3.63, 3.8) is 0 Å². The molecule has 0 saturated carbocycles. The van der Waals surface area contributed by atoms with Gasteiger partial charge in [0.1, 0.15) is 5.82 Å². The van der Waals surface area contributed by atoms with Gasteiger partial charge in [-0.25, -0.2) is 4.98 Å². The number of aliphatic hydroxyl groups is 2. The monoisotopic (exact) mass is 197 g/mol. The lowest BCUT2D eigenvalue weighted by atomic mass is 10.2. The molecule has 0 radical (unpaired) electrons. The highest BCUT2D eigenvalue weighted by atomic mass is 16.3. The van der Waals surface area contributed by atoms with E-state index in [-0.39, 0.29) is 13.2 Å². The van der Waals surface area contributed by atoms with Crippen molar-refractivity contribution in [2.24, 2.45) is 0 Å². The Kier molecular flexibility index (Phi) is 3.67. The minimum atomic E-state index is -0.424. The summed E-state index contributed by atoms with van der Waals surface area (Å²) in [7, 11) is 0. The van der Waals surface area contributed by atoms with Crippen LogP contribution in [-0.4, -0.2) is 34.5 Å². The van der Waals surface area contributed by atoms with Crippen LogP contribution in [0, 0.1) is 6.92 Å². The van der Waals surface area contributed by atoms with Crippen molar-refractivity contribution < 1.29 is 10.2 Å². The summed E-state index contributed by atoms with van der Waals surface area (Å²) in [6.07, 6.45) is 1.67. The smallest absolute Gasteiger partial charge is 0.149 e. The molecule has 0 aliphatic heterocycles. The summed E-state index contributed by atoms with van der Waals surface area (Å²) in [6, 6.07) is 1.36. The Balaban J connectivity index is 2.76. The number of rotatable bonds is 4. The van der Waals surface area contributed by atoms with Crippen LogP contribution in [0.25, 0.3) is 0 Å². The predicted octanol–water partition coefficient (Wildman–Crippen LogP) is -0.263. The highest BCUT2D eigenvalue weighted by Gasteiger charge is 2.08. The molecule has 0 aliphatic carbocycles. The van der Waals surface area contributed by atoms with Gasteiger partial charge in [-0.1, -0.05) is 0 Å². The molecule has 0 aromatic carbocycles. The first-order valence-electron chi connectivity index (χ1n) is 4.37. The number of hydrogen-bond donors (Lipinski definition) is 4. The van der Waals surface area contributed by atoms with Crippen molar-refractivity contribution in [1.82, 2.24) is 4.98 Å². The normalized spacial score (nSPS) is 10.6. The largest absolute Gasteiger partial charge is 0.396 e. The van der Waals surface area contributed by atoms with E-state index in [9.17, 15) is 0 Å². The fourth-order valence-corrected chi connectivity index (χ4v) is 1.05. The van der Waals surface area contributed by atoms with Crippen LogP contribution in [0.15, 0.2) is 12.3 Å². The van der Waals surface area contributed by atoms with Crippen molar-refractivity contribution in [2.45, 2.75) is 13.0 Å². The Morgan fingerprint density at radius 2 is 2.14 bits per heavy atom. The number of nitrogens with one attached hydrogen (secondary N) is 1. The first-order chi connectivity index (χ1) is 6.67. The molecular formula is C9H15N3O2. The molecular weight excluding hydrogens is 182 g/mol. The number of anilines is 2. The molecule has 1 heterocycles. The van der Waals surface area contributed by atoms with Gasteiger partial charge in [-0.15, -0.1) is 0 Å². The van der Waals surface area contributed by atoms with Gasteiger partial charge in [0.2, 0.25) is 0 Å². The number of nitrogens with two attached hydrogens (primary N) is 1. The number of aromatic nitrogens is 1. The predicted molar refractivity (Wildman–Crippen MR) is 55.0 cm³/mol. The van der Waals surface area contributed by atoms with Crippen molar-refractivity contribution in [2.75, 3.05) is 24.3 Å². The minimum absolute atomic E-state index is 0.161. The van der Waals surface area contributed by atoms with Gasteiger partial charge in [0.15, 0.2) is 0 Å². The molecule has 0 saturated heterocycles. The maximum absolute atomic E-state index is 8.84. The lowest BCUT2D eigenvalue weighted by molar-refractivity contribution is 0.203. The molecule has 0 bridgehead atoms. The fraction of sp³-hybridized carbons (Fsp3) is 0.444. The Morgan fingerprint density at radius 3 is 2.64 bits per heavy atom. The summed E-state index contributed by atoms with van der Waals surface area (Å²) < 4.78 is 0. The number of nitrogen functional groups attached to an aromatic ring is 1. The molecule has 5 heteroatoms. The molecule has 0 aliphatic rings. The summed E-state index contributed by atoms with van der Waals surface area (Å²) in [5, 5.41) is 20.5. The SMILES string of the molecule is Cc1cnc(NC(CO)CO)c(N)c1. The minimum Gasteiger partial charge on any atom is -0.396 e. The zero-order valence-electron chi connectivity index (χ0n) is 8.07. The van der Waals surface area contributed by atoms with Gasteiger partial charge in [0.05, 0.1) is 24.9 Å². The average Bonchev–Trinajstić information content (AvgIpc) is 2.17. The van der Waals surface area contributed by atoms with Crippen LogP contribution in [0.1, 0.15) is 5.56 Å². The van der Waals surface area contributed by atoms with Crippen LogP contribution >= 0.6 is 0 Å². The van der Waals surface area contributed by atoms with E-state index in [0.29, 0.717) is 11.5 Å². The van der Waals surface area contributed by atoms with E-state index in [1.165, 1.54) is 0 Å². The summed E-state index contributed by atoms with van der Waals surface area (Å²) in [6.45, 7) is 1.57. The van der Waals surface area contributed by atoms with E-state index >= 15 is 0 Å². The molecule has 1 aromatic heterocycles. The number of aryl methyl sites for hydroxylation is 1. The molecule has 1 aromatic rings. The fourth-order valence-electron chi connectivity index (χ4n) is 1.05. The third kappa shape index (κ3) is 2.58. The van der Waals surface area contributed by atoms with E-state index in [1.807, 2.05) is 6.92 Å². The molecule has 0 unspecified atom stereocenters. The summed E-state index contributed by atoms with van der Waals surface area (Å²) in [5.74, 6) is 0.490. The second kappa shape index (κ2) is 4.78. The third-order valence-electron chi connectivity index (χ3n) is 1.84. The summed E-state index contributed by atoms with van der Waals surface area (Å²) in [5.41, 5.74) is 7.17. The Hall–Kier alpha value is -1.33. The Labute approximate surface area is 82.6 Å². The van der Waals surface area contributed by atoms with Crippen molar-refractivity contribution in [1.29, 1.82) is 0 Å². The van der Waals surface area contributed by atoms with Gasteiger partial charge in [-0.3, -0.25) is 0 Å². The quantitative estimate of drug-likeness (QED) is 0.533. The lowest BCUT2D eigenvalue weighted by Gasteiger charge is -2.15. The van der Waals surface area contributed by atoms with Gasteiger partial charge in [-0.2, -0.15) is 0 Å². The molecule has 5 N–H and O–H groups in total. The van der Waals surface area contributed by atoms with Gasteiger partial charge < -0.3 is 21.3 Å². The average molecular weight is 197 g/mol. The molecule has 0 amide bonds. The number of hydrogen-bond acceptors (Lipinski definition) is 5. The van der Waals surface area contributed by atoms with E-state index in [0.717, 1.165) is 5.56 Å². The maximum atomic E-state index is 8.84. The highest BCUT2D eigenvalue weighted by molar-refractivity contribution is 5.62. The standard InChI is InChI=1S/C9H15N3O2/c1-6-2-8(10)9(11-3-6)12-7(4-13)5-14/h2-3,7,13-14H,4-5,10H2,1H3,(H,11,12). The number of pyridine rings is 1. The van der Waals surface area contributed by atoms with E-state index in [2.05, 4.69) is 10.3 Å². The molecule has 0 atom stereocenters. The molecule has 0 fully saturated rings. The molecule has 5 nitrogen and oxygen atoms in total. The first-order valence-corrected chi connectivity index (χ1v) is 4.37. The second-order valence-corrected chi connectivity index (χ2v) is 3.16. The first kappa shape index (κ1) is 10.7. The van der Waals surface area contributed by atoms with Crippen LogP contribution < -0.4 is 11.1 Å². The van der Waals surface area contributed by atoms with Crippen LogP contribution in [-0.2, 0) is 0 Å². The summed E-state index contributed by atoms with van der Waals surface area (Å²) >= 11 is 0. The second-order valence-electron chi connectivity index (χ2n) is 3.16. The Morgan fingerprint density at radius 1 is 1.50 bits per heavy atom. The van der Waals surface area contributed by atoms with Crippen LogP contribution in [0.3, 0.4) is 0 Å². The van der Waals surface area contributed by atoms with Crippen molar-refractivity contribution in [3.05, 3.63) is 17.8 Å². The molecule has 14 heavy (non-hydrogen) atoms. The van der Waals surface area contributed by atoms with Gasteiger partial charge >= 0.3 is 0 Å². The van der Waals surface area contributed by atoms with E-state index in [4.69, 9.17) is 15.9 Å². The van der Waals surface area contributed by atoms with Crippen LogP contribution in [0.4, 0.5) is 11.5 Å². The Bertz CT molecular complexity index is 300. The van der Waals surface area contributed by atoms with Crippen molar-refractivity contribution in [3.8, 4) is 0 Å². The van der Waals surface area contributed by atoms with Crippen molar-refractivity contribution >= 4 is 11.5 Å². The molecule has 0 spiro atoms. The maximum Gasteiger partial charge on any atom is 0.149 e. The third-order valence-corrected chi connectivity index (χ3v) is 1.84. The van der Waals surface area contributed by atoms with Crippen LogP contribution in [0.5, 0.6) is 0 Å². The number of nitrogens with zero attached hydrogens (tertiary/aromatic N) is 1. The summed E-state index contributed by atoms with van der Waals surface area (Å²) in [4.78, 5) is 4.06. The molecule has 1 rings (SSSR count). The highest BCUT2D eigenvalue weighted by Crippen LogP contribution is 2.16. The zero-order chi connectivity index (χ0) is 10.6. The van der Waals surface area contributed by atoms with Crippen LogP contribution in [0.2, 0.25) is 0 Å². The van der Waals surface area contributed by atoms with E-state index in [1.54, 1.807) is 12.3 Å². The van der Waals surface area contributed by atoms with Gasteiger partial charge in [0, 0.05) is 6.20 Å². The molecule has 78 valence electrons.